The van der Waals surface area contributed by atoms with Gasteiger partial charge in [0.05, 0.1) is 20.1 Å². The first-order valence-corrected chi connectivity index (χ1v) is 10.8. The number of carbonyl (C=O) groups is 1. The molecule has 0 spiro atoms. The van der Waals surface area contributed by atoms with Crippen molar-refractivity contribution in [1.82, 2.24) is 4.98 Å². The molecule has 0 saturated heterocycles. The molecule has 1 atom stereocenters. The Morgan fingerprint density at radius 2 is 1.94 bits per heavy atom. The SMILES string of the molecule is COC(=O)CC1COc2cc(OCc3cccc(C#Cc4ccc5[nH]ccc5c4)c3)ccc21. The maximum atomic E-state index is 11.6. The molecule has 0 radical (unpaired) electrons. The van der Waals surface area contributed by atoms with E-state index in [-0.39, 0.29) is 11.9 Å². The molecule has 5 heteroatoms. The van der Waals surface area contributed by atoms with Crippen LogP contribution in [0.15, 0.2) is 72.9 Å². The zero-order valence-corrected chi connectivity index (χ0v) is 18.3. The predicted molar refractivity (Wildman–Crippen MR) is 126 cm³/mol. The van der Waals surface area contributed by atoms with E-state index in [1.165, 1.54) is 7.11 Å². The van der Waals surface area contributed by atoms with Gasteiger partial charge in [0, 0.05) is 45.8 Å². The summed E-state index contributed by atoms with van der Waals surface area (Å²) in [6.45, 7) is 0.904. The lowest BCUT2D eigenvalue weighted by Crippen LogP contribution is -2.09. The number of hydrogen-bond donors (Lipinski definition) is 1. The van der Waals surface area contributed by atoms with Crippen LogP contribution in [0, 0.1) is 11.8 Å². The van der Waals surface area contributed by atoms with Crippen LogP contribution >= 0.6 is 0 Å². The largest absolute Gasteiger partial charge is 0.492 e. The van der Waals surface area contributed by atoms with Gasteiger partial charge in [0.15, 0.2) is 0 Å². The molecule has 33 heavy (non-hydrogen) atoms. The van der Waals surface area contributed by atoms with Gasteiger partial charge in [-0.3, -0.25) is 4.79 Å². The van der Waals surface area contributed by atoms with Gasteiger partial charge in [-0.1, -0.05) is 30.0 Å². The highest BCUT2D eigenvalue weighted by molar-refractivity contribution is 5.80. The summed E-state index contributed by atoms with van der Waals surface area (Å²) in [5.74, 6) is 7.76. The third-order valence-corrected chi connectivity index (χ3v) is 5.74. The maximum absolute atomic E-state index is 11.6. The minimum atomic E-state index is -0.232. The van der Waals surface area contributed by atoms with Crippen LogP contribution in [0.1, 0.15) is 34.6 Å². The average molecular weight is 437 g/mol. The summed E-state index contributed by atoms with van der Waals surface area (Å²) in [7, 11) is 1.40. The molecule has 3 aromatic carbocycles. The fraction of sp³-hybridized carbons (Fsp3) is 0.179. The second-order valence-corrected chi connectivity index (χ2v) is 8.01. The number of H-pyrrole nitrogens is 1. The number of aromatic nitrogens is 1. The van der Waals surface area contributed by atoms with Crippen molar-refractivity contribution in [1.29, 1.82) is 0 Å². The lowest BCUT2D eigenvalue weighted by molar-refractivity contribution is -0.141. The number of benzene rings is 3. The number of carbonyl (C=O) groups excluding carboxylic acids is 1. The Balaban J connectivity index is 1.24. The number of hydrogen-bond acceptors (Lipinski definition) is 4. The van der Waals surface area contributed by atoms with Crippen molar-refractivity contribution >= 4 is 16.9 Å². The van der Waals surface area contributed by atoms with Gasteiger partial charge in [0.1, 0.15) is 18.1 Å². The van der Waals surface area contributed by atoms with Crippen LogP contribution in [-0.4, -0.2) is 24.7 Å². The topological polar surface area (TPSA) is 60.6 Å². The summed E-state index contributed by atoms with van der Waals surface area (Å²) in [6.07, 6.45) is 2.25. The van der Waals surface area contributed by atoms with Crippen molar-refractivity contribution < 1.29 is 19.0 Å². The minimum Gasteiger partial charge on any atom is -0.492 e. The molecule has 1 aromatic heterocycles. The second kappa shape index (κ2) is 9.13. The Bertz CT molecular complexity index is 1380. The second-order valence-electron chi connectivity index (χ2n) is 8.01. The standard InChI is InChI=1S/C28H23NO4/c1-31-28(30)15-23-18-33-27-16-24(8-9-25(23)27)32-17-21-4-2-3-19(13-21)5-6-20-7-10-26-22(14-20)11-12-29-26/h2-4,7-14,16,23,29H,15,17-18H2,1H3. The highest BCUT2D eigenvalue weighted by atomic mass is 16.5. The van der Waals surface area contributed by atoms with E-state index in [1.807, 2.05) is 66.9 Å². The first-order valence-electron chi connectivity index (χ1n) is 10.8. The zero-order valence-electron chi connectivity index (χ0n) is 18.3. The van der Waals surface area contributed by atoms with Gasteiger partial charge in [0.2, 0.25) is 0 Å². The summed E-state index contributed by atoms with van der Waals surface area (Å²) in [5, 5.41) is 1.15. The first-order chi connectivity index (χ1) is 16.2. The van der Waals surface area contributed by atoms with Gasteiger partial charge in [-0.2, -0.15) is 0 Å². The van der Waals surface area contributed by atoms with Crippen molar-refractivity contribution in [3.8, 4) is 23.3 Å². The monoisotopic (exact) mass is 437 g/mol. The number of aromatic amines is 1. The van der Waals surface area contributed by atoms with Crippen molar-refractivity contribution in [3.63, 3.8) is 0 Å². The Morgan fingerprint density at radius 3 is 2.82 bits per heavy atom. The number of ether oxygens (including phenoxy) is 3. The van der Waals surface area contributed by atoms with E-state index < -0.39 is 0 Å². The average Bonchev–Trinajstić information content (AvgIpc) is 3.48. The Kier molecular flexibility index (Phi) is 5.73. The number of methoxy groups -OCH3 is 1. The molecule has 2 heterocycles. The van der Waals surface area contributed by atoms with Crippen LogP contribution in [-0.2, 0) is 16.1 Å². The quantitative estimate of drug-likeness (QED) is 0.345. The molecule has 1 aliphatic heterocycles. The molecule has 1 N–H and O–H groups in total. The van der Waals surface area contributed by atoms with Crippen molar-refractivity contribution in [2.24, 2.45) is 0 Å². The molecular formula is C28H23NO4. The van der Waals surface area contributed by atoms with Crippen LogP contribution in [0.3, 0.4) is 0 Å². The molecule has 1 unspecified atom stereocenters. The molecule has 0 aliphatic carbocycles. The zero-order chi connectivity index (χ0) is 22.6. The third kappa shape index (κ3) is 4.70. The Labute approximate surface area is 192 Å². The van der Waals surface area contributed by atoms with Gasteiger partial charge in [0.25, 0.3) is 0 Å². The molecule has 164 valence electrons. The van der Waals surface area contributed by atoms with Gasteiger partial charge < -0.3 is 19.2 Å². The molecule has 0 fully saturated rings. The summed E-state index contributed by atoms with van der Waals surface area (Å²) in [5.41, 5.74) is 5.08. The summed E-state index contributed by atoms with van der Waals surface area (Å²) >= 11 is 0. The molecule has 0 amide bonds. The minimum absolute atomic E-state index is 0.0229. The van der Waals surface area contributed by atoms with E-state index in [0.717, 1.165) is 44.7 Å². The van der Waals surface area contributed by atoms with Crippen molar-refractivity contribution in [2.75, 3.05) is 13.7 Å². The van der Waals surface area contributed by atoms with E-state index in [1.54, 1.807) is 0 Å². The number of rotatable bonds is 5. The maximum Gasteiger partial charge on any atom is 0.306 e. The molecule has 0 bridgehead atoms. The normalized spacial score (nSPS) is 14.2. The Morgan fingerprint density at radius 1 is 1.06 bits per heavy atom. The number of esters is 1. The number of nitrogens with one attached hydrogen (secondary N) is 1. The van der Waals surface area contributed by atoms with Crippen LogP contribution in [0.4, 0.5) is 0 Å². The van der Waals surface area contributed by atoms with Crippen molar-refractivity contribution in [3.05, 3.63) is 95.2 Å². The summed E-state index contributed by atoms with van der Waals surface area (Å²) < 4.78 is 16.5. The predicted octanol–water partition coefficient (Wildman–Crippen LogP) is 5.19. The number of fused-ring (bicyclic) bond motifs is 2. The van der Waals surface area contributed by atoms with E-state index in [2.05, 4.69) is 22.9 Å². The fourth-order valence-corrected chi connectivity index (χ4v) is 3.98. The fourth-order valence-electron chi connectivity index (χ4n) is 3.98. The first kappa shape index (κ1) is 20.7. The molecular weight excluding hydrogens is 414 g/mol. The van der Waals surface area contributed by atoms with Crippen LogP contribution in [0.5, 0.6) is 11.5 Å². The van der Waals surface area contributed by atoms with Gasteiger partial charge in [-0.25, -0.2) is 0 Å². The van der Waals surface area contributed by atoms with Crippen molar-refractivity contribution in [2.45, 2.75) is 18.9 Å². The summed E-state index contributed by atoms with van der Waals surface area (Å²) in [6, 6.07) is 22.0. The van der Waals surface area contributed by atoms with Crippen LogP contribution < -0.4 is 9.47 Å². The lowest BCUT2D eigenvalue weighted by Gasteiger charge is -2.09. The van der Waals surface area contributed by atoms with Gasteiger partial charge in [-0.15, -0.1) is 0 Å². The van der Waals surface area contributed by atoms with E-state index in [0.29, 0.717) is 19.6 Å². The van der Waals surface area contributed by atoms with Crippen LogP contribution in [0.25, 0.3) is 10.9 Å². The summed E-state index contributed by atoms with van der Waals surface area (Å²) in [4.78, 5) is 14.8. The highest BCUT2D eigenvalue weighted by Gasteiger charge is 2.27. The molecule has 5 nitrogen and oxygen atoms in total. The Hall–Kier alpha value is -4.17. The van der Waals surface area contributed by atoms with E-state index in [4.69, 9.17) is 14.2 Å². The smallest absolute Gasteiger partial charge is 0.306 e. The van der Waals surface area contributed by atoms with E-state index in [9.17, 15) is 4.79 Å². The third-order valence-electron chi connectivity index (χ3n) is 5.74. The molecule has 5 rings (SSSR count). The molecule has 0 saturated carbocycles. The molecule has 4 aromatic rings. The van der Waals surface area contributed by atoms with Crippen LogP contribution in [0.2, 0.25) is 0 Å². The highest BCUT2D eigenvalue weighted by Crippen LogP contribution is 2.38. The van der Waals surface area contributed by atoms with Gasteiger partial charge in [-0.05, 0) is 48.0 Å². The molecule has 1 aliphatic rings. The van der Waals surface area contributed by atoms with Gasteiger partial charge >= 0.3 is 5.97 Å². The van der Waals surface area contributed by atoms with E-state index >= 15 is 0 Å². The lowest BCUT2D eigenvalue weighted by atomic mass is 9.98.